The normalized spacial score (nSPS) is 11.3. The molecular formula is C31H55NO13. The largest absolute Gasteiger partial charge is 0.491 e. The topological polar surface area (TPSA) is 154 Å². The van der Waals surface area contributed by atoms with Crippen LogP contribution >= 0.6 is 0 Å². The molecule has 0 unspecified atom stereocenters. The van der Waals surface area contributed by atoms with Crippen molar-refractivity contribution in [1.29, 1.82) is 0 Å². The molecule has 0 radical (unpaired) electrons. The number of hydrogen-bond donors (Lipinski definition) is 1. The van der Waals surface area contributed by atoms with Gasteiger partial charge < -0.3 is 62.6 Å². The number of hydrogen-bond acceptors (Lipinski definition) is 14. The first-order valence-corrected chi connectivity index (χ1v) is 15.6. The average molecular weight is 650 g/mol. The molecule has 2 N–H and O–H groups in total. The van der Waals surface area contributed by atoms with Gasteiger partial charge in [0.2, 0.25) is 0 Å². The molecule has 0 saturated heterocycles. The Kier molecular flexibility index (Phi) is 32.1. The molecule has 0 bridgehead atoms. The van der Waals surface area contributed by atoms with Crippen molar-refractivity contribution < 1.29 is 61.6 Å². The average Bonchev–Trinajstić information content (AvgIpc) is 3.06. The molecule has 0 aliphatic carbocycles. The Morgan fingerprint density at radius 1 is 0.378 bits per heavy atom. The van der Waals surface area contributed by atoms with Crippen molar-refractivity contribution in [3.63, 3.8) is 0 Å². The second-order valence-corrected chi connectivity index (χ2v) is 9.06. The first-order valence-electron chi connectivity index (χ1n) is 15.6. The Labute approximate surface area is 267 Å². The molecule has 1 rings (SSSR count). The van der Waals surface area contributed by atoms with Crippen molar-refractivity contribution in [2.45, 2.75) is 0 Å². The second-order valence-electron chi connectivity index (χ2n) is 9.06. The van der Waals surface area contributed by atoms with E-state index in [1.165, 1.54) is 0 Å². The molecule has 0 aliphatic heterocycles. The molecule has 0 saturated carbocycles. The Hall–Kier alpha value is -1.79. The summed E-state index contributed by atoms with van der Waals surface area (Å²) in [5.41, 5.74) is 5.94. The Morgan fingerprint density at radius 3 is 0.867 bits per heavy atom. The summed E-state index contributed by atoms with van der Waals surface area (Å²) in [5, 5.41) is 0. The van der Waals surface area contributed by atoms with Crippen LogP contribution in [0.5, 0.6) is 5.75 Å². The molecule has 14 heteroatoms. The van der Waals surface area contributed by atoms with Crippen LogP contribution in [0.2, 0.25) is 0 Å². The first kappa shape index (κ1) is 41.2. The standard InChI is InChI=1S/C31H55NO13/c32-5-6-34-7-8-35-9-10-36-11-12-37-13-14-38-15-16-39-17-18-40-19-20-41-21-22-42-23-24-43-25-26-44-27-28-45-31-3-1-30(29-33)2-4-31/h1-4,29H,5-28,32H2. The van der Waals surface area contributed by atoms with Gasteiger partial charge in [-0.3, -0.25) is 4.79 Å². The highest BCUT2D eigenvalue weighted by Crippen LogP contribution is 2.10. The van der Waals surface area contributed by atoms with Crippen molar-refractivity contribution in [2.75, 3.05) is 159 Å². The summed E-state index contributed by atoms with van der Waals surface area (Å²) in [4.78, 5) is 10.6. The van der Waals surface area contributed by atoms with Gasteiger partial charge in [0.05, 0.1) is 145 Å². The predicted molar refractivity (Wildman–Crippen MR) is 165 cm³/mol. The van der Waals surface area contributed by atoms with Gasteiger partial charge in [-0.15, -0.1) is 0 Å². The van der Waals surface area contributed by atoms with E-state index in [1.807, 2.05) is 0 Å². The lowest BCUT2D eigenvalue weighted by Crippen LogP contribution is -2.16. The monoisotopic (exact) mass is 649 g/mol. The molecule has 0 amide bonds. The highest BCUT2D eigenvalue weighted by Gasteiger charge is 1.98. The molecular weight excluding hydrogens is 594 g/mol. The molecule has 0 aromatic heterocycles. The summed E-state index contributed by atoms with van der Waals surface area (Å²) in [5.74, 6) is 0.703. The molecule has 0 spiro atoms. The molecule has 1 aromatic carbocycles. The third-order valence-electron chi connectivity index (χ3n) is 5.49. The summed E-state index contributed by atoms with van der Waals surface area (Å²) in [6.45, 7) is 12.1. The number of nitrogens with two attached hydrogens (primary N) is 1. The maximum atomic E-state index is 10.6. The smallest absolute Gasteiger partial charge is 0.150 e. The van der Waals surface area contributed by atoms with E-state index >= 15 is 0 Å². The molecule has 14 nitrogen and oxygen atoms in total. The summed E-state index contributed by atoms with van der Waals surface area (Å²) in [6.07, 6.45) is 0.797. The van der Waals surface area contributed by atoms with Crippen molar-refractivity contribution in [3.8, 4) is 5.75 Å². The molecule has 0 aliphatic rings. The van der Waals surface area contributed by atoms with E-state index < -0.39 is 0 Å². The minimum absolute atomic E-state index is 0.430. The van der Waals surface area contributed by atoms with Crippen LogP contribution in [0.4, 0.5) is 0 Å². The van der Waals surface area contributed by atoms with Gasteiger partial charge in [0.15, 0.2) is 0 Å². The van der Waals surface area contributed by atoms with Gasteiger partial charge in [0.1, 0.15) is 18.6 Å². The number of carbonyl (C=O) groups excluding carboxylic acids is 1. The van der Waals surface area contributed by atoms with Crippen molar-refractivity contribution >= 4 is 6.29 Å². The fourth-order valence-corrected chi connectivity index (χ4v) is 3.25. The minimum atomic E-state index is 0.430. The first-order chi connectivity index (χ1) is 22.4. The summed E-state index contributed by atoms with van der Waals surface area (Å²) < 4.78 is 65.2. The third-order valence-corrected chi connectivity index (χ3v) is 5.49. The fourth-order valence-electron chi connectivity index (χ4n) is 3.25. The second kappa shape index (κ2) is 35.1. The Bertz CT molecular complexity index is 730. The van der Waals surface area contributed by atoms with E-state index in [-0.39, 0.29) is 0 Å². The van der Waals surface area contributed by atoms with E-state index in [0.717, 1.165) is 6.29 Å². The van der Waals surface area contributed by atoms with Crippen LogP contribution in [0.1, 0.15) is 10.4 Å². The van der Waals surface area contributed by atoms with E-state index in [2.05, 4.69) is 0 Å². The molecule has 0 atom stereocenters. The maximum Gasteiger partial charge on any atom is 0.150 e. The van der Waals surface area contributed by atoms with Gasteiger partial charge in [-0.25, -0.2) is 0 Å². The number of aldehydes is 1. The van der Waals surface area contributed by atoms with Crippen LogP contribution in [0.25, 0.3) is 0 Å². The zero-order valence-electron chi connectivity index (χ0n) is 26.7. The lowest BCUT2D eigenvalue weighted by atomic mass is 10.2. The van der Waals surface area contributed by atoms with E-state index in [9.17, 15) is 4.79 Å². The van der Waals surface area contributed by atoms with Crippen LogP contribution in [-0.4, -0.2) is 165 Å². The van der Waals surface area contributed by atoms with Gasteiger partial charge in [-0.05, 0) is 24.3 Å². The molecule has 45 heavy (non-hydrogen) atoms. The van der Waals surface area contributed by atoms with Gasteiger partial charge in [0, 0.05) is 12.1 Å². The van der Waals surface area contributed by atoms with Gasteiger partial charge in [-0.1, -0.05) is 0 Å². The maximum absolute atomic E-state index is 10.6. The van der Waals surface area contributed by atoms with Crippen LogP contribution < -0.4 is 10.5 Å². The Balaban J connectivity index is 1.63. The molecule has 0 heterocycles. The third kappa shape index (κ3) is 30.6. The van der Waals surface area contributed by atoms with E-state index in [1.54, 1.807) is 24.3 Å². The number of benzene rings is 1. The van der Waals surface area contributed by atoms with E-state index in [4.69, 9.17) is 62.6 Å². The van der Waals surface area contributed by atoms with Crippen LogP contribution in [0.3, 0.4) is 0 Å². The van der Waals surface area contributed by atoms with Crippen molar-refractivity contribution in [1.82, 2.24) is 0 Å². The highest BCUT2D eigenvalue weighted by atomic mass is 16.6. The summed E-state index contributed by atoms with van der Waals surface area (Å²) in [6, 6.07) is 6.93. The summed E-state index contributed by atoms with van der Waals surface area (Å²) >= 11 is 0. The van der Waals surface area contributed by atoms with Gasteiger partial charge in [-0.2, -0.15) is 0 Å². The predicted octanol–water partition coefficient (Wildman–Crippen LogP) is 1.02. The van der Waals surface area contributed by atoms with Crippen molar-refractivity contribution in [3.05, 3.63) is 29.8 Å². The molecule has 1 aromatic rings. The number of rotatable bonds is 37. The van der Waals surface area contributed by atoms with Crippen LogP contribution in [0.15, 0.2) is 24.3 Å². The van der Waals surface area contributed by atoms with Crippen LogP contribution in [-0.2, 0) is 52.1 Å². The summed E-state index contributed by atoms with van der Waals surface area (Å²) in [7, 11) is 0. The number of ether oxygens (including phenoxy) is 12. The quantitative estimate of drug-likeness (QED) is 0.0806. The lowest BCUT2D eigenvalue weighted by molar-refractivity contribution is -0.0276. The highest BCUT2D eigenvalue weighted by molar-refractivity contribution is 5.74. The number of carbonyl (C=O) groups is 1. The fraction of sp³-hybridized carbons (Fsp3) is 0.774. The Morgan fingerprint density at radius 2 is 0.622 bits per heavy atom. The van der Waals surface area contributed by atoms with E-state index in [0.29, 0.717) is 170 Å². The molecule has 262 valence electrons. The van der Waals surface area contributed by atoms with Gasteiger partial charge >= 0.3 is 0 Å². The minimum Gasteiger partial charge on any atom is -0.491 e. The van der Waals surface area contributed by atoms with Crippen LogP contribution in [0, 0.1) is 0 Å². The zero-order valence-corrected chi connectivity index (χ0v) is 26.7. The lowest BCUT2D eigenvalue weighted by Gasteiger charge is -2.09. The molecule has 0 fully saturated rings. The zero-order chi connectivity index (χ0) is 32.1. The van der Waals surface area contributed by atoms with Crippen molar-refractivity contribution in [2.24, 2.45) is 5.73 Å². The SMILES string of the molecule is NCCOCCOCCOCCOCCOCCOCCOCCOCCOCCOCCOCCOc1ccc(C=O)cc1. The van der Waals surface area contributed by atoms with Gasteiger partial charge in [0.25, 0.3) is 0 Å².